The van der Waals surface area contributed by atoms with Gasteiger partial charge in [0.25, 0.3) is 0 Å². The molecule has 1 radical (unpaired) electrons. The maximum absolute atomic E-state index is 6.36. The van der Waals surface area contributed by atoms with E-state index in [2.05, 4.69) is 20.8 Å². The van der Waals surface area contributed by atoms with E-state index in [4.69, 9.17) is 4.74 Å². The summed E-state index contributed by atoms with van der Waals surface area (Å²) in [5.74, 6) is 0. The summed E-state index contributed by atoms with van der Waals surface area (Å²) in [4.78, 5) is 0. The minimum Gasteiger partial charge on any atom is -0.378 e. The van der Waals surface area contributed by atoms with Crippen molar-refractivity contribution in [2.24, 2.45) is 0 Å². The molecule has 0 amide bonds. The Morgan fingerprint density at radius 2 is 0.806 bits per heavy atom. The third-order valence-electron chi connectivity index (χ3n) is 6.76. The Bertz CT molecular complexity index is 301. The zero-order chi connectivity index (χ0) is 22.7. The van der Waals surface area contributed by atoms with Crippen LogP contribution in [0.25, 0.3) is 0 Å². The first-order valence-corrected chi connectivity index (χ1v) is 14.8. The van der Waals surface area contributed by atoms with Gasteiger partial charge in [-0.25, -0.2) is 0 Å². The van der Waals surface area contributed by atoms with E-state index in [1.54, 1.807) is 0 Å². The number of rotatable bonds is 27. The van der Waals surface area contributed by atoms with Crippen molar-refractivity contribution in [3.05, 3.63) is 6.92 Å². The van der Waals surface area contributed by atoms with E-state index in [-0.39, 0.29) is 0 Å². The van der Waals surface area contributed by atoms with Crippen molar-refractivity contribution in [1.82, 2.24) is 0 Å². The summed E-state index contributed by atoms with van der Waals surface area (Å²) in [5.41, 5.74) is 0. The quantitative estimate of drug-likeness (QED) is 0.116. The summed E-state index contributed by atoms with van der Waals surface area (Å²) in [6, 6.07) is 0. The van der Waals surface area contributed by atoms with Crippen molar-refractivity contribution in [3.8, 4) is 0 Å². The standard InChI is InChI=1S/C30H61O/c1-4-7-10-13-15-17-19-21-23-26-29-31-30(27-24-12-9-6-3)28-25-22-20-18-16-14-11-8-5-2/h30H,2,4-29H2,1,3H3. The van der Waals surface area contributed by atoms with Crippen molar-refractivity contribution >= 4 is 0 Å². The van der Waals surface area contributed by atoms with Gasteiger partial charge in [0.05, 0.1) is 6.10 Å². The fourth-order valence-corrected chi connectivity index (χ4v) is 4.56. The highest BCUT2D eigenvalue weighted by molar-refractivity contribution is 4.61. The summed E-state index contributed by atoms with van der Waals surface area (Å²) in [7, 11) is 0. The molecule has 0 saturated carbocycles. The lowest BCUT2D eigenvalue weighted by molar-refractivity contribution is 0.0357. The minimum atomic E-state index is 0.535. The van der Waals surface area contributed by atoms with Crippen LogP contribution in [0.15, 0.2) is 0 Å². The smallest absolute Gasteiger partial charge is 0.0575 e. The SMILES string of the molecule is [CH2]CCCCCCCCCCC(CCCCCC)OCCCCCCCCCCCC. The van der Waals surface area contributed by atoms with E-state index < -0.39 is 0 Å². The molecule has 0 bridgehead atoms. The van der Waals surface area contributed by atoms with Gasteiger partial charge in [-0.3, -0.25) is 0 Å². The zero-order valence-electron chi connectivity index (χ0n) is 22.1. The van der Waals surface area contributed by atoms with Gasteiger partial charge in [0, 0.05) is 6.61 Å². The van der Waals surface area contributed by atoms with Gasteiger partial charge in [0.2, 0.25) is 0 Å². The highest BCUT2D eigenvalue weighted by Crippen LogP contribution is 2.18. The Labute approximate surface area is 198 Å². The number of hydrogen-bond donors (Lipinski definition) is 0. The average Bonchev–Trinajstić information content (AvgIpc) is 2.78. The molecule has 0 fully saturated rings. The monoisotopic (exact) mass is 437 g/mol. The van der Waals surface area contributed by atoms with Crippen LogP contribution in [0.3, 0.4) is 0 Å². The number of ether oxygens (including phenoxy) is 1. The molecule has 0 heterocycles. The first-order chi connectivity index (χ1) is 15.3. The van der Waals surface area contributed by atoms with Crippen LogP contribution in [0.2, 0.25) is 0 Å². The van der Waals surface area contributed by atoms with Gasteiger partial charge in [0.15, 0.2) is 0 Å². The molecule has 0 aromatic heterocycles. The van der Waals surface area contributed by atoms with Crippen LogP contribution in [-0.4, -0.2) is 12.7 Å². The summed E-state index contributed by atoms with van der Waals surface area (Å²) in [6.45, 7) is 9.54. The summed E-state index contributed by atoms with van der Waals surface area (Å²) >= 11 is 0. The Balaban J connectivity index is 3.67. The van der Waals surface area contributed by atoms with Crippen LogP contribution >= 0.6 is 0 Å². The third kappa shape index (κ3) is 26.1. The lowest BCUT2D eigenvalue weighted by Crippen LogP contribution is -2.14. The molecule has 187 valence electrons. The lowest BCUT2D eigenvalue weighted by atomic mass is 10.0. The van der Waals surface area contributed by atoms with E-state index in [0.717, 1.165) is 13.0 Å². The Morgan fingerprint density at radius 1 is 0.452 bits per heavy atom. The van der Waals surface area contributed by atoms with E-state index in [1.165, 1.54) is 154 Å². The highest BCUT2D eigenvalue weighted by atomic mass is 16.5. The van der Waals surface area contributed by atoms with Crippen molar-refractivity contribution in [2.75, 3.05) is 6.61 Å². The van der Waals surface area contributed by atoms with Crippen LogP contribution in [0.4, 0.5) is 0 Å². The average molecular weight is 438 g/mol. The Kier molecular flexibility index (Phi) is 28.0. The lowest BCUT2D eigenvalue weighted by Gasteiger charge is -2.18. The van der Waals surface area contributed by atoms with Crippen molar-refractivity contribution in [2.45, 2.75) is 180 Å². The number of unbranched alkanes of at least 4 members (excludes halogenated alkanes) is 20. The number of hydrogen-bond acceptors (Lipinski definition) is 1. The first-order valence-electron chi connectivity index (χ1n) is 14.8. The molecule has 0 aromatic rings. The molecular weight excluding hydrogens is 376 g/mol. The Hall–Kier alpha value is -0.0400. The van der Waals surface area contributed by atoms with Gasteiger partial charge >= 0.3 is 0 Å². The predicted molar refractivity (Wildman–Crippen MR) is 142 cm³/mol. The molecule has 0 aliphatic rings. The Morgan fingerprint density at radius 3 is 1.26 bits per heavy atom. The van der Waals surface area contributed by atoms with Crippen LogP contribution in [0.5, 0.6) is 0 Å². The molecule has 0 rings (SSSR count). The fraction of sp³-hybridized carbons (Fsp3) is 0.967. The summed E-state index contributed by atoms with van der Waals surface area (Å²) < 4.78 is 6.36. The molecule has 0 saturated heterocycles. The zero-order valence-corrected chi connectivity index (χ0v) is 22.1. The summed E-state index contributed by atoms with van der Waals surface area (Å²) in [6.07, 6.45) is 34.9. The molecule has 1 nitrogen and oxygen atoms in total. The van der Waals surface area contributed by atoms with Crippen LogP contribution in [0.1, 0.15) is 174 Å². The van der Waals surface area contributed by atoms with Crippen molar-refractivity contribution in [3.63, 3.8) is 0 Å². The molecule has 0 aliphatic heterocycles. The molecule has 0 spiro atoms. The molecule has 0 aliphatic carbocycles. The topological polar surface area (TPSA) is 9.23 Å². The summed E-state index contributed by atoms with van der Waals surface area (Å²) in [5, 5.41) is 0. The van der Waals surface area contributed by atoms with Gasteiger partial charge < -0.3 is 4.74 Å². The second kappa shape index (κ2) is 28.0. The highest BCUT2D eigenvalue weighted by Gasteiger charge is 2.09. The molecule has 1 heteroatoms. The third-order valence-corrected chi connectivity index (χ3v) is 6.76. The molecule has 0 aromatic carbocycles. The van der Waals surface area contributed by atoms with Crippen LogP contribution in [0, 0.1) is 6.92 Å². The second-order valence-corrected chi connectivity index (χ2v) is 9.99. The predicted octanol–water partition coefficient (Wildman–Crippen LogP) is 11.0. The van der Waals surface area contributed by atoms with Gasteiger partial charge in [0.1, 0.15) is 0 Å². The maximum Gasteiger partial charge on any atom is 0.0575 e. The van der Waals surface area contributed by atoms with Gasteiger partial charge in [-0.2, -0.15) is 0 Å². The van der Waals surface area contributed by atoms with E-state index in [1.807, 2.05) is 0 Å². The van der Waals surface area contributed by atoms with Crippen molar-refractivity contribution in [1.29, 1.82) is 0 Å². The molecule has 31 heavy (non-hydrogen) atoms. The molecule has 1 unspecified atom stereocenters. The minimum absolute atomic E-state index is 0.535. The first kappa shape index (κ1) is 31.0. The maximum atomic E-state index is 6.36. The molecule has 0 N–H and O–H groups in total. The fourth-order valence-electron chi connectivity index (χ4n) is 4.56. The largest absolute Gasteiger partial charge is 0.378 e. The van der Waals surface area contributed by atoms with E-state index in [0.29, 0.717) is 6.10 Å². The van der Waals surface area contributed by atoms with Gasteiger partial charge in [-0.05, 0) is 19.3 Å². The normalized spacial score (nSPS) is 12.5. The second-order valence-electron chi connectivity index (χ2n) is 9.99. The van der Waals surface area contributed by atoms with Crippen LogP contribution in [-0.2, 0) is 4.74 Å². The van der Waals surface area contributed by atoms with Gasteiger partial charge in [-0.15, -0.1) is 0 Å². The van der Waals surface area contributed by atoms with E-state index in [9.17, 15) is 0 Å². The van der Waals surface area contributed by atoms with Crippen LogP contribution < -0.4 is 0 Å². The van der Waals surface area contributed by atoms with Gasteiger partial charge in [-0.1, -0.05) is 162 Å². The molecular formula is C30H61O. The van der Waals surface area contributed by atoms with Crippen molar-refractivity contribution < 1.29 is 4.74 Å². The molecule has 1 atom stereocenters. The van der Waals surface area contributed by atoms with E-state index >= 15 is 0 Å².